The van der Waals surface area contributed by atoms with Gasteiger partial charge in [0.05, 0.1) is 24.0 Å². The van der Waals surface area contributed by atoms with Crippen molar-refractivity contribution in [3.05, 3.63) is 54.9 Å². The summed E-state index contributed by atoms with van der Waals surface area (Å²) in [5.74, 6) is 1.08. The van der Waals surface area contributed by atoms with Crippen molar-refractivity contribution in [1.82, 2.24) is 14.9 Å². The van der Waals surface area contributed by atoms with Crippen LogP contribution in [0.1, 0.15) is 13.3 Å². The Bertz CT molecular complexity index is 860. The highest BCUT2D eigenvalue weighted by atomic mass is 16.5. The van der Waals surface area contributed by atoms with E-state index in [2.05, 4.69) is 14.9 Å². The molecular weight excluding hydrogens is 330 g/mol. The van der Waals surface area contributed by atoms with E-state index in [1.807, 2.05) is 55.7 Å². The maximum Gasteiger partial charge on any atom is 0.257 e. The molecule has 0 aliphatic carbocycles. The highest BCUT2D eigenvalue weighted by Gasteiger charge is 2.07. The van der Waals surface area contributed by atoms with Crippen molar-refractivity contribution in [2.45, 2.75) is 19.9 Å². The lowest BCUT2D eigenvalue weighted by Gasteiger charge is -2.11. The molecule has 136 valence electrons. The molecule has 6 heteroatoms. The van der Waals surface area contributed by atoms with Gasteiger partial charge >= 0.3 is 0 Å². The van der Waals surface area contributed by atoms with Crippen LogP contribution in [-0.2, 0) is 11.3 Å². The van der Waals surface area contributed by atoms with Crippen LogP contribution in [0, 0.1) is 0 Å². The van der Waals surface area contributed by atoms with Gasteiger partial charge in [-0.05, 0) is 37.6 Å². The van der Waals surface area contributed by atoms with Gasteiger partial charge in [-0.3, -0.25) is 4.79 Å². The number of rotatable bonds is 9. The zero-order valence-corrected chi connectivity index (χ0v) is 14.9. The Morgan fingerprint density at radius 2 is 1.81 bits per heavy atom. The Kier molecular flexibility index (Phi) is 6.09. The van der Waals surface area contributed by atoms with Gasteiger partial charge in [-0.25, -0.2) is 4.98 Å². The van der Waals surface area contributed by atoms with Crippen LogP contribution in [0.2, 0.25) is 0 Å². The SMILES string of the molecule is CCOc1ccccc1OCC(=O)NCCCn1cnc2ccccc21. The molecule has 6 nitrogen and oxygen atoms in total. The number of fused-ring (bicyclic) bond motifs is 1. The van der Waals surface area contributed by atoms with Crippen LogP contribution in [0.4, 0.5) is 0 Å². The largest absolute Gasteiger partial charge is 0.490 e. The predicted molar refractivity (Wildman–Crippen MR) is 100 cm³/mol. The number of amides is 1. The van der Waals surface area contributed by atoms with E-state index in [0.29, 0.717) is 24.7 Å². The molecule has 0 saturated carbocycles. The molecule has 1 aromatic heterocycles. The summed E-state index contributed by atoms with van der Waals surface area (Å²) in [5, 5.41) is 2.88. The van der Waals surface area contributed by atoms with Crippen molar-refractivity contribution in [3.8, 4) is 11.5 Å². The Morgan fingerprint density at radius 1 is 1.08 bits per heavy atom. The molecule has 26 heavy (non-hydrogen) atoms. The van der Waals surface area contributed by atoms with Crippen LogP contribution >= 0.6 is 0 Å². The number of carbonyl (C=O) groups is 1. The van der Waals surface area contributed by atoms with Crippen LogP contribution in [0.5, 0.6) is 11.5 Å². The van der Waals surface area contributed by atoms with Crippen LogP contribution < -0.4 is 14.8 Å². The van der Waals surface area contributed by atoms with E-state index in [0.717, 1.165) is 24.0 Å². The quantitative estimate of drug-likeness (QED) is 0.601. The molecule has 0 saturated heterocycles. The molecule has 0 unspecified atom stereocenters. The third-order valence-corrected chi connectivity index (χ3v) is 3.93. The average Bonchev–Trinajstić information content (AvgIpc) is 3.08. The fourth-order valence-corrected chi connectivity index (χ4v) is 2.70. The van der Waals surface area contributed by atoms with E-state index >= 15 is 0 Å². The smallest absolute Gasteiger partial charge is 0.257 e. The minimum absolute atomic E-state index is 0.0297. The second-order valence-electron chi connectivity index (χ2n) is 5.80. The first kappa shape index (κ1) is 17.8. The summed E-state index contributed by atoms with van der Waals surface area (Å²) in [7, 11) is 0. The van der Waals surface area contributed by atoms with Crippen molar-refractivity contribution in [1.29, 1.82) is 0 Å². The number of aromatic nitrogens is 2. The maximum absolute atomic E-state index is 12.0. The number of benzene rings is 2. The molecule has 1 heterocycles. The van der Waals surface area contributed by atoms with Gasteiger partial charge in [0.1, 0.15) is 0 Å². The molecule has 3 aromatic rings. The third kappa shape index (κ3) is 4.53. The van der Waals surface area contributed by atoms with Gasteiger partial charge in [0, 0.05) is 13.1 Å². The van der Waals surface area contributed by atoms with Crippen molar-refractivity contribution in [2.75, 3.05) is 19.8 Å². The van der Waals surface area contributed by atoms with E-state index in [4.69, 9.17) is 9.47 Å². The van der Waals surface area contributed by atoms with Crippen molar-refractivity contribution < 1.29 is 14.3 Å². The molecule has 0 aliphatic rings. The number of nitrogens with zero attached hydrogens (tertiary/aromatic N) is 2. The monoisotopic (exact) mass is 353 g/mol. The number of ether oxygens (including phenoxy) is 2. The number of aryl methyl sites for hydroxylation is 1. The zero-order chi connectivity index (χ0) is 18.2. The molecule has 3 rings (SSSR count). The molecular formula is C20H23N3O3. The molecule has 0 spiro atoms. The van der Waals surface area contributed by atoms with Crippen LogP contribution in [0.15, 0.2) is 54.9 Å². The van der Waals surface area contributed by atoms with Crippen LogP contribution in [-0.4, -0.2) is 35.2 Å². The lowest BCUT2D eigenvalue weighted by Crippen LogP contribution is -2.30. The summed E-state index contributed by atoms with van der Waals surface area (Å²) < 4.78 is 13.1. The Morgan fingerprint density at radius 3 is 2.62 bits per heavy atom. The van der Waals surface area contributed by atoms with E-state index in [1.165, 1.54) is 0 Å². The lowest BCUT2D eigenvalue weighted by molar-refractivity contribution is -0.123. The first-order valence-electron chi connectivity index (χ1n) is 8.79. The summed E-state index contributed by atoms with van der Waals surface area (Å²) in [6.45, 7) is 3.82. The first-order valence-corrected chi connectivity index (χ1v) is 8.79. The minimum Gasteiger partial charge on any atom is -0.490 e. The van der Waals surface area contributed by atoms with E-state index in [1.54, 1.807) is 6.07 Å². The van der Waals surface area contributed by atoms with Crippen molar-refractivity contribution >= 4 is 16.9 Å². The van der Waals surface area contributed by atoms with Gasteiger partial charge in [0.15, 0.2) is 18.1 Å². The van der Waals surface area contributed by atoms with E-state index in [-0.39, 0.29) is 12.5 Å². The summed E-state index contributed by atoms with van der Waals surface area (Å²) in [6, 6.07) is 15.4. The molecule has 2 aromatic carbocycles. The van der Waals surface area contributed by atoms with Crippen LogP contribution in [0.3, 0.4) is 0 Å². The predicted octanol–water partition coefficient (Wildman–Crippen LogP) is 3.02. The lowest BCUT2D eigenvalue weighted by atomic mass is 10.3. The van der Waals surface area contributed by atoms with Gasteiger partial charge < -0.3 is 19.4 Å². The molecule has 0 aliphatic heterocycles. The molecule has 0 fully saturated rings. The second-order valence-corrected chi connectivity index (χ2v) is 5.80. The van der Waals surface area contributed by atoms with Gasteiger partial charge in [0.2, 0.25) is 0 Å². The molecule has 0 radical (unpaired) electrons. The normalized spacial score (nSPS) is 10.7. The van der Waals surface area contributed by atoms with Gasteiger partial charge in [-0.1, -0.05) is 24.3 Å². The molecule has 1 N–H and O–H groups in total. The number of nitrogens with one attached hydrogen (secondary N) is 1. The number of hydrogen-bond donors (Lipinski definition) is 1. The average molecular weight is 353 g/mol. The zero-order valence-electron chi connectivity index (χ0n) is 14.9. The fourth-order valence-electron chi connectivity index (χ4n) is 2.70. The van der Waals surface area contributed by atoms with Gasteiger partial charge in [-0.2, -0.15) is 0 Å². The third-order valence-electron chi connectivity index (χ3n) is 3.93. The standard InChI is InChI=1S/C20H23N3O3/c1-2-25-18-10-5-6-11-19(18)26-14-20(24)21-12-7-13-23-15-22-16-8-3-4-9-17(16)23/h3-6,8-11,15H,2,7,12-14H2,1H3,(H,21,24). The molecule has 0 atom stereocenters. The number of imidazole rings is 1. The topological polar surface area (TPSA) is 65.4 Å². The van der Waals surface area contributed by atoms with Crippen molar-refractivity contribution in [3.63, 3.8) is 0 Å². The highest BCUT2D eigenvalue weighted by molar-refractivity contribution is 5.77. The number of para-hydroxylation sites is 4. The minimum atomic E-state index is -0.146. The molecule has 1 amide bonds. The van der Waals surface area contributed by atoms with E-state index < -0.39 is 0 Å². The first-order chi connectivity index (χ1) is 12.8. The van der Waals surface area contributed by atoms with E-state index in [9.17, 15) is 4.79 Å². The van der Waals surface area contributed by atoms with Crippen LogP contribution in [0.25, 0.3) is 11.0 Å². The van der Waals surface area contributed by atoms with Gasteiger partial charge in [-0.15, -0.1) is 0 Å². The Labute approximate surface area is 152 Å². The van der Waals surface area contributed by atoms with Gasteiger partial charge in [0.25, 0.3) is 5.91 Å². The highest BCUT2D eigenvalue weighted by Crippen LogP contribution is 2.26. The fraction of sp³-hybridized carbons (Fsp3) is 0.300. The summed E-state index contributed by atoms with van der Waals surface area (Å²) >= 11 is 0. The van der Waals surface area contributed by atoms with Crippen molar-refractivity contribution in [2.24, 2.45) is 0 Å². The maximum atomic E-state index is 12.0. The second kappa shape index (κ2) is 8.89. The molecule has 0 bridgehead atoms. The number of carbonyl (C=O) groups excluding carboxylic acids is 1. The number of hydrogen-bond acceptors (Lipinski definition) is 4. The Hall–Kier alpha value is -3.02. The summed E-state index contributed by atoms with van der Waals surface area (Å²) in [5.41, 5.74) is 2.09. The Balaban J connectivity index is 1.41. The summed E-state index contributed by atoms with van der Waals surface area (Å²) in [4.78, 5) is 16.3. The summed E-state index contributed by atoms with van der Waals surface area (Å²) in [6.07, 6.45) is 2.65.